The Hall–Kier alpha value is -2.61. The van der Waals surface area contributed by atoms with E-state index in [2.05, 4.69) is 10.3 Å². The largest absolute Gasteiger partial charge is 0.340 e. The second kappa shape index (κ2) is 7.33. The lowest BCUT2D eigenvalue weighted by molar-refractivity contribution is -0.383. The molecule has 3 aromatic rings. The molecule has 10 heteroatoms. The monoisotopic (exact) mass is 451 g/mol. The summed E-state index contributed by atoms with van der Waals surface area (Å²) in [5, 5.41) is 14.7. The van der Waals surface area contributed by atoms with Crippen molar-refractivity contribution in [3.63, 3.8) is 0 Å². The molecule has 0 saturated heterocycles. The van der Waals surface area contributed by atoms with E-state index in [0.717, 1.165) is 6.07 Å². The molecule has 0 spiro atoms. The summed E-state index contributed by atoms with van der Waals surface area (Å²) in [6, 6.07) is 7.32. The highest BCUT2D eigenvalue weighted by atomic mass is 35.5. The van der Waals surface area contributed by atoms with Crippen molar-refractivity contribution in [1.29, 1.82) is 0 Å². The number of aromatic amines is 1. The zero-order valence-electron chi connectivity index (χ0n) is 14.6. The molecule has 4 rings (SSSR count). The third-order valence-electron chi connectivity index (χ3n) is 4.69. The van der Waals surface area contributed by atoms with E-state index in [1.807, 2.05) is 0 Å². The van der Waals surface area contributed by atoms with E-state index in [1.54, 1.807) is 18.2 Å². The van der Waals surface area contributed by atoms with Crippen LogP contribution in [-0.4, -0.2) is 15.7 Å². The Morgan fingerprint density at radius 1 is 1.14 bits per heavy atom. The Labute approximate surface area is 178 Å². The minimum Gasteiger partial charge on any atom is -0.340 e. The van der Waals surface area contributed by atoms with Gasteiger partial charge in [-0.05, 0) is 31.0 Å². The fourth-order valence-electron chi connectivity index (χ4n) is 3.11. The van der Waals surface area contributed by atoms with Crippen LogP contribution >= 0.6 is 34.8 Å². The van der Waals surface area contributed by atoms with Crippen LogP contribution in [0.1, 0.15) is 23.2 Å². The summed E-state index contributed by atoms with van der Waals surface area (Å²) in [6.45, 7) is 0. The minimum absolute atomic E-state index is 0.0545. The van der Waals surface area contributed by atoms with Gasteiger partial charge >= 0.3 is 0 Å². The number of carbonyl (C=O) groups excluding carboxylic acids is 1. The SMILES string of the molecule is O=C(c1c(Nc2cccc(Cl)c2Cl)[nH]c2c(Cl)ccc([N+](=O)[O-])c2c1=O)C1CC1. The van der Waals surface area contributed by atoms with E-state index >= 15 is 0 Å². The Bertz CT molecular complexity index is 1250. The lowest BCUT2D eigenvalue weighted by atomic mass is 10.0. The number of hydrogen-bond donors (Lipinski definition) is 2. The van der Waals surface area contributed by atoms with Crippen LogP contribution in [0.4, 0.5) is 17.2 Å². The van der Waals surface area contributed by atoms with Gasteiger partial charge in [0.25, 0.3) is 5.69 Å². The third-order valence-corrected chi connectivity index (χ3v) is 5.82. The van der Waals surface area contributed by atoms with Gasteiger partial charge in [0.2, 0.25) is 5.43 Å². The molecule has 1 saturated carbocycles. The molecular formula is C19H12Cl3N3O4. The number of nitro groups is 1. The van der Waals surface area contributed by atoms with Crippen molar-refractivity contribution in [3.05, 3.63) is 71.3 Å². The van der Waals surface area contributed by atoms with Crippen LogP contribution in [0.3, 0.4) is 0 Å². The van der Waals surface area contributed by atoms with Crippen molar-refractivity contribution >= 4 is 68.7 Å². The highest BCUT2D eigenvalue weighted by molar-refractivity contribution is 6.43. The highest BCUT2D eigenvalue weighted by Gasteiger charge is 2.35. The molecule has 148 valence electrons. The molecule has 2 N–H and O–H groups in total. The Morgan fingerprint density at radius 2 is 1.86 bits per heavy atom. The van der Waals surface area contributed by atoms with Gasteiger partial charge in [-0.3, -0.25) is 19.7 Å². The van der Waals surface area contributed by atoms with Gasteiger partial charge in [-0.25, -0.2) is 0 Å². The number of anilines is 2. The average molecular weight is 453 g/mol. The van der Waals surface area contributed by atoms with Gasteiger partial charge < -0.3 is 10.3 Å². The number of nitro benzene ring substituents is 1. The summed E-state index contributed by atoms with van der Waals surface area (Å²) < 4.78 is 0. The third kappa shape index (κ3) is 3.46. The van der Waals surface area contributed by atoms with E-state index < -0.39 is 16.0 Å². The number of benzene rings is 2. The number of fused-ring (bicyclic) bond motifs is 1. The lowest BCUT2D eigenvalue weighted by Gasteiger charge is -2.15. The molecule has 7 nitrogen and oxygen atoms in total. The van der Waals surface area contributed by atoms with Crippen molar-refractivity contribution in [3.8, 4) is 0 Å². The zero-order chi connectivity index (χ0) is 20.9. The molecule has 1 fully saturated rings. The molecule has 29 heavy (non-hydrogen) atoms. The summed E-state index contributed by atoms with van der Waals surface area (Å²) in [4.78, 5) is 39.8. The standard InChI is InChI=1S/C19H12Cl3N3O4/c20-9-2-1-3-11(15(9)22)23-19-14(17(26)8-4-5-8)18(27)13-12(25(28)29)7-6-10(21)16(13)24-19/h1-3,6-8H,4-5H2,(H2,23,24,27). The molecule has 1 aliphatic rings. The first-order chi connectivity index (χ1) is 13.8. The molecule has 1 aromatic heterocycles. The smallest absolute Gasteiger partial charge is 0.282 e. The summed E-state index contributed by atoms with van der Waals surface area (Å²) in [5.41, 5.74) is -0.964. The van der Waals surface area contributed by atoms with Crippen molar-refractivity contribution < 1.29 is 9.72 Å². The number of aromatic nitrogens is 1. The van der Waals surface area contributed by atoms with Gasteiger partial charge in [0.1, 0.15) is 16.8 Å². The zero-order valence-corrected chi connectivity index (χ0v) is 16.9. The molecule has 2 aromatic carbocycles. The number of nitrogens with zero attached hydrogens (tertiary/aromatic N) is 1. The van der Waals surface area contributed by atoms with Gasteiger partial charge in [-0.15, -0.1) is 0 Å². The Balaban J connectivity index is 2.02. The van der Waals surface area contributed by atoms with Gasteiger partial charge in [0, 0.05) is 12.0 Å². The topological polar surface area (TPSA) is 105 Å². The number of carbonyl (C=O) groups is 1. The van der Waals surface area contributed by atoms with Crippen molar-refractivity contribution in [2.24, 2.45) is 5.92 Å². The maximum absolute atomic E-state index is 13.2. The predicted octanol–water partition coefficient (Wildman–Crippen LogP) is 5.73. The molecular weight excluding hydrogens is 441 g/mol. The van der Waals surface area contributed by atoms with Gasteiger partial charge in [-0.1, -0.05) is 40.9 Å². The maximum atomic E-state index is 13.2. The number of halogens is 3. The van der Waals surface area contributed by atoms with Crippen LogP contribution in [0.25, 0.3) is 10.9 Å². The summed E-state index contributed by atoms with van der Waals surface area (Å²) in [6.07, 6.45) is 1.32. The second-order valence-corrected chi connectivity index (χ2v) is 7.84. The van der Waals surface area contributed by atoms with E-state index in [-0.39, 0.29) is 49.1 Å². The van der Waals surface area contributed by atoms with Crippen LogP contribution in [0, 0.1) is 16.0 Å². The van der Waals surface area contributed by atoms with E-state index in [4.69, 9.17) is 34.8 Å². The Morgan fingerprint density at radius 3 is 2.52 bits per heavy atom. The highest BCUT2D eigenvalue weighted by Crippen LogP contribution is 2.38. The van der Waals surface area contributed by atoms with Crippen LogP contribution in [0.2, 0.25) is 15.1 Å². The van der Waals surface area contributed by atoms with Crippen LogP contribution in [0.15, 0.2) is 35.1 Å². The van der Waals surface area contributed by atoms with Crippen LogP contribution < -0.4 is 10.7 Å². The quantitative estimate of drug-likeness (QED) is 0.292. The number of H-pyrrole nitrogens is 1. The van der Waals surface area contributed by atoms with Crippen molar-refractivity contribution in [2.75, 3.05) is 5.32 Å². The molecule has 0 atom stereocenters. The van der Waals surface area contributed by atoms with Crippen molar-refractivity contribution in [2.45, 2.75) is 12.8 Å². The molecule has 1 aliphatic carbocycles. The van der Waals surface area contributed by atoms with Gasteiger partial charge in [0.05, 0.1) is 31.2 Å². The molecule has 0 bridgehead atoms. The fraction of sp³-hybridized carbons (Fsp3) is 0.158. The minimum atomic E-state index is -0.759. The van der Waals surface area contributed by atoms with E-state index in [0.29, 0.717) is 18.5 Å². The molecule has 1 heterocycles. The number of Topliss-reactive ketones (excluding diaryl/α,β-unsaturated/α-hetero) is 1. The van der Waals surface area contributed by atoms with Crippen molar-refractivity contribution in [1.82, 2.24) is 4.98 Å². The fourth-order valence-corrected chi connectivity index (χ4v) is 3.66. The molecule has 0 amide bonds. The number of hydrogen-bond acceptors (Lipinski definition) is 5. The molecule has 0 unspecified atom stereocenters. The second-order valence-electron chi connectivity index (χ2n) is 6.64. The Kier molecular flexibility index (Phi) is 4.98. The number of pyridine rings is 1. The predicted molar refractivity (Wildman–Crippen MR) is 113 cm³/mol. The first kappa shape index (κ1) is 19.7. The number of nitrogens with one attached hydrogen (secondary N) is 2. The van der Waals surface area contributed by atoms with E-state index in [1.165, 1.54) is 6.07 Å². The lowest BCUT2D eigenvalue weighted by Crippen LogP contribution is -2.21. The van der Waals surface area contributed by atoms with Gasteiger partial charge in [-0.2, -0.15) is 0 Å². The number of ketones is 1. The molecule has 0 radical (unpaired) electrons. The summed E-state index contributed by atoms with van der Waals surface area (Å²) in [7, 11) is 0. The van der Waals surface area contributed by atoms with Crippen LogP contribution in [-0.2, 0) is 0 Å². The molecule has 0 aliphatic heterocycles. The number of non-ortho nitro benzene ring substituents is 1. The van der Waals surface area contributed by atoms with Crippen LogP contribution in [0.5, 0.6) is 0 Å². The van der Waals surface area contributed by atoms with E-state index in [9.17, 15) is 19.7 Å². The first-order valence-corrected chi connectivity index (χ1v) is 9.71. The van der Waals surface area contributed by atoms with Gasteiger partial charge in [0.15, 0.2) is 5.78 Å². The first-order valence-electron chi connectivity index (χ1n) is 8.57. The summed E-state index contributed by atoms with van der Waals surface area (Å²) in [5.74, 6) is -0.615. The maximum Gasteiger partial charge on any atom is 0.282 e. The number of rotatable bonds is 5. The average Bonchev–Trinajstić information content (AvgIpc) is 3.51. The normalized spacial score (nSPS) is 13.5. The summed E-state index contributed by atoms with van der Waals surface area (Å²) >= 11 is 18.5.